The Balaban J connectivity index is 2.09. The highest BCUT2D eigenvalue weighted by Gasteiger charge is 2.28. The monoisotopic (exact) mass is 418 g/mol. The number of aromatic nitrogens is 1. The lowest BCUT2D eigenvalue weighted by Gasteiger charge is -2.27. The zero-order valence-corrected chi connectivity index (χ0v) is 16.3. The van der Waals surface area contributed by atoms with Crippen LogP contribution in [0.4, 0.5) is 21.0 Å². The van der Waals surface area contributed by atoms with Gasteiger partial charge in [0, 0.05) is 5.56 Å². The van der Waals surface area contributed by atoms with Gasteiger partial charge >= 0.3 is 0 Å². The van der Waals surface area contributed by atoms with Crippen LogP contribution in [0.5, 0.6) is 0 Å². The van der Waals surface area contributed by atoms with Gasteiger partial charge in [0.25, 0.3) is 0 Å². The van der Waals surface area contributed by atoms with Crippen molar-refractivity contribution < 1.29 is 14.0 Å². The van der Waals surface area contributed by atoms with E-state index in [4.69, 9.17) is 23.1 Å². The second-order valence-corrected chi connectivity index (χ2v) is 7.33. The molecule has 6 nitrogen and oxygen atoms in total. The number of nitrogens with two attached hydrogens (primary N) is 2. The predicted molar refractivity (Wildman–Crippen MR) is 109 cm³/mol. The van der Waals surface area contributed by atoms with Crippen LogP contribution in [-0.4, -0.2) is 22.7 Å². The van der Waals surface area contributed by atoms with Gasteiger partial charge in [0.1, 0.15) is 22.6 Å². The summed E-state index contributed by atoms with van der Waals surface area (Å²) in [6.07, 6.45) is 0. The third-order valence-corrected chi connectivity index (χ3v) is 5.43. The third-order valence-electron chi connectivity index (χ3n) is 4.06. The van der Waals surface area contributed by atoms with Crippen molar-refractivity contribution in [2.24, 2.45) is 5.73 Å². The van der Waals surface area contributed by atoms with E-state index >= 15 is 0 Å². The minimum Gasteiger partial charge on any atom is -0.382 e. The highest BCUT2D eigenvalue weighted by Crippen LogP contribution is 2.39. The van der Waals surface area contributed by atoms with Crippen molar-refractivity contribution in [3.8, 4) is 0 Å². The standard InChI is InChI=1S/C19H16ClFN4O2S/c1-10(18(23)27)25(14-8-7-12(21)9-13(14)20)19-24-17(22)16(28-19)15(26)11-5-3-2-4-6-11/h2-10H,22H2,1H3,(H2,23,27)/t10-/m1/s1. The molecule has 2 aromatic carbocycles. The van der Waals surface area contributed by atoms with Gasteiger partial charge in [-0.2, -0.15) is 0 Å². The van der Waals surface area contributed by atoms with E-state index < -0.39 is 17.8 Å². The number of primary amides is 1. The van der Waals surface area contributed by atoms with Crippen LogP contribution in [0, 0.1) is 5.82 Å². The van der Waals surface area contributed by atoms with Crippen molar-refractivity contribution in [1.82, 2.24) is 4.98 Å². The van der Waals surface area contributed by atoms with E-state index in [2.05, 4.69) is 4.98 Å². The summed E-state index contributed by atoms with van der Waals surface area (Å²) in [5.74, 6) is -1.45. The van der Waals surface area contributed by atoms with Crippen LogP contribution in [0.15, 0.2) is 48.5 Å². The highest BCUT2D eigenvalue weighted by molar-refractivity contribution is 7.18. The highest BCUT2D eigenvalue weighted by atomic mass is 35.5. The van der Waals surface area contributed by atoms with Gasteiger partial charge in [-0.1, -0.05) is 53.3 Å². The minimum absolute atomic E-state index is 0.0220. The first-order chi connectivity index (χ1) is 13.3. The first-order valence-corrected chi connectivity index (χ1v) is 9.38. The maximum Gasteiger partial charge on any atom is 0.240 e. The molecule has 0 aliphatic heterocycles. The minimum atomic E-state index is -0.867. The van der Waals surface area contributed by atoms with Crippen LogP contribution in [-0.2, 0) is 4.79 Å². The number of nitrogen functional groups attached to an aromatic ring is 1. The first-order valence-electron chi connectivity index (χ1n) is 8.19. The molecule has 3 aromatic rings. The number of halogens is 2. The number of rotatable bonds is 6. The Hall–Kier alpha value is -2.97. The van der Waals surface area contributed by atoms with Crippen LogP contribution in [0.2, 0.25) is 5.02 Å². The fourth-order valence-electron chi connectivity index (χ4n) is 2.59. The second-order valence-electron chi connectivity index (χ2n) is 5.95. The molecule has 1 heterocycles. The lowest BCUT2D eigenvalue weighted by molar-refractivity contribution is -0.118. The molecule has 0 fully saturated rings. The fraction of sp³-hybridized carbons (Fsp3) is 0.105. The topological polar surface area (TPSA) is 102 Å². The predicted octanol–water partition coefficient (Wildman–Crippen LogP) is 3.76. The lowest BCUT2D eigenvalue weighted by atomic mass is 10.1. The molecular weight excluding hydrogens is 403 g/mol. The first kappa shape index (κ1) is 19.8. The average molecular weight is 419 g/mol. The van der Waals surface area contributed by atoms with E-state index in [1.54, 1.807) is 37.3 Å². The van der Waals surface area contributed by atoms with Crippen LogP contribution < -0.4 is 16.4 Å². The number of carbonyl (C=O) groups excluding carboxylic acids is 2. The maximum absolute atomic E-state index is 13.5. The summed E-state index contributed by atoms with van der Waals surface area (Å²) in [6.45, 7) is 1.55. The Morgan fingerprint density at radius 3 is 2.50 bits per heavy atom. The van der Waals surface area contributed by atoms with E-state index in [0.717, 1.165) is 17.4 Å². The molecule has 1 atom stereocenters. The molecule has 28 heavy (non-hydrogen) atoms. The van der Waals surface area contributed by atoms with E-state index in [1.165, 1.54) is 17.0 Å². The van der Waals surface area contributed by atoms with Gasteiger partial charge in [0.05, 0.1) is 10.7 Å². The van der Waals surface area contributed by atoms with Gasteiger partial charge in [-0.3, -0.25) is 9.59 Å². The molecule has 0 radical (unpaired) electrons. The van der Waals surface area contributed by atoms with E-state index in [1.807, 2.05) is 0 Å². The van der Waals surface area contributed by atoms with Crippen LogP contribution in [0.1, 0.15) is 22.2 Å². The number of carbonyl (C=O) groups is 2. The molecule has 0 saturated carbocycles. The van der Waals surface area contributed by atoms with Crippen LogP contribution >= 0.6 is 22.9 Å². The number of amides is 1. The van der Waals surface area contributed by atoms with E-state index in [-0.39, 0.29) is 26.6 Å². The summed E-state index contributed by atoms with van der Waals surface area (Å²) in [5, 5.41) is 0.314. The van der Waals surface area contributed by atoms with Crippen LogP contribution in [0.25, 0.3) is 0 Å². The van der Waals surface area contributed by atoms with Crippen molar-refractivity contribution in [1.29, 1.82) is 0 Å². The summed E-state index contributed by atoms with van der Waals surface area (Å²) >= 11 is 7.18. The largest absolute Gasteiger partial charge is 0.382 e. The molecule has 9 heteroatoms. The third kappa shape index (κ3) is 3.83. The summed E-state index contributed by atoms with van der Waals surface area (Å²) in [7, 11) is 0. The van der Waals surface area contributed by atoms with Crippen molar-refractivity contribution >= 4 is 51.3 Å². The van der Waals surface area contributed by atoms with Gasteiger partial charge in [0.2, 0.25) is 11.7 Å². The Kier molecular flexibility index (Phi) is 5.62. The molecule has 3 rings (SSSR count). The second kappa shape index (κ2) is 7.95. The average Bonchev–Trinajstić information content (AvgIpc) is 3.04. The molecule has 1 amide bonds. The Labute approximate surface area is 169 Å². The number of hydrogen-bond donors (Lipinski definition) is 2. The molecule has 0 aliphatic rings. The van der Waals surface area contributed by atoms with Crippen molar-refractivity contribution in [3.63, 3.8) is 0 Å². The number of anilines is 3. The van der Waals surface area contributed by atoms with Gasteiger partial charge in [-0.15, -0.1) is 0 Å². The number of nitrogens with zero attached hydrogens (tertiary/aromatic N) is 2. The molecule has 4 N–H and O–H groups in total. The molecule has 0 unspecified atom stereocenters. The number of benzene rings is 2. The van der Waals surface area contributed by atoms with Gasteiger partial charge in [-0.05, 0) is 25.1 Å². The molecule has 0 spiro atoms. The van der Waals surface area contributed by atoms with E-state index in [0.29, 0.717) is 11.3 Å². The van der Waals surface area contributed by atoms with Crippen molar-refractivity contribution in [2.75, 3.05) is 10.6 Å². The molecule has 1 aromatic heterocycles. The van der Waals surface area contributed by atoms with Gasteiger partial charge in [-0.25, -0.2) is 9.37 Å². The summed E-state index contributed by atoms with van der Waals surface area (Å²) in [6, 6.07) is 11.5. The van der Waals surface area contributed by atoms with E-state index in [9.17, 15) is 14.0 Å². The molecule has 0 aliphatic carbocycles. The summed E-state index contributed by atoms with van der Waals surface area (Å²) in [4.78, 5) is 30.5. The molecule has 144 valence electrons. The Morgan fingerprint density at radius 2 is 1.89 bits per heavy atom. The van der Waals surface area contributed by atoms with Crippen molar-refractivity contribution in [3.05, 3.63) is 69.8 Å². The zero-order valence-electron chi connectivity index (χ0n) is 14.7. The SMILES string of the molecule is C[C@H](C(N)=O)N(c1nc(N)c(C(=O)c2ccccc2)s1)c1ccc(F)cc1Cl. The quantitative estimate of drug-likeness (QED) is 0.593. The molecule has 0 bridgehead atoms. The van der Waals surface area contributed by atoms with Gasteiger partial charge < -0.3 is 16.4 Å². The number of hydrogen-bond acceptors (Lipinski definition) is 6. The van der Waals surface area contributed by atoms with Crippen LogP contribution in [0.3, 0.4) is 0 Å². The number of ketones is 1. The fourth-order valence-corrected chi connectivity index (χ4v) is 3.89. The summed E-state index contributed by atoms with van der Waals surface area (Å²) in [5.41, 5.74) is 12.2. The maximum atomic E-state index is 13.5. The Bertz CT molecular complexity index is 1040. The van der Waals surface area contributed by atoms with Crippen molar-refractivity contribution in [2.45, 2.75) is 13.0 Å². The lowest BCUT2D eigenvalue weighted by Crippen LogP contribution is -2.40. The Morgan fingerprint density at radius 1 is 1.21 bits per heavy atom. The number of thiazole rings is 1. The normalized spacial score (nSPS) is 11.8. The smallest absolute Gasteiger partial charge is 0.240 e. The molecular formula is C19H16ClFN4O2S. The summed E-state index contributed by atoms with van der Waals surface area (Å²) < 4.78 is 13.5. The van der Waals surface area contributed by atoms with Gasteiger partial charge in [0.15, 0.2) is 5.13 Å². The zero-order chi connectivity index (χ0) is 20.4. The molecule has 0 saturated heterocycles.